The summed E-state index contributed by atoms with van der Waals surface area (Å²) in [7, 11) is 2.19. The number of rotatable bonds is 4. The zero-order valence-electron chi connectivity index (χ0n) is 12.6. The Balaban J connectivity index is 1.74. The quantitative estimate of drug-likeness (QED) is 0.940. The Hall–Kier alpha value is -1.97. The summed E-state index contributed by atoms with van der Waals surface area (Å²) >= 11 is 1.82. The lowest BCUT2D eigenvalue weighted by atomic mass is 9.88. The summed E-state index contributed by atoms with van der Waals surface area (Å²) in [4.78, 5) is 12.1. The van der Waals surface area contributed by atoms with Crippen LogP contribution in [0.25, 0.3) is 0 Å². The standard InChI is InChI=1S/C16H19N5S/c1-21-8-2-4-12(15(21)14-5-3-9-22-14)11-20-16-13(10-17)18-6-7-19-16/h3,5-7,9,12,15H,2,4,8,11H2,1H3,(H,19,20)/t12-,15+/m1/s1. The first kappa shape index (κ1) is 14.9. The van der Waals surface area contributed by atoms with Crippen LogP contribution in [0.3, 0.4) is 0 Å². The van der Waals surface area contributed by atoms with Crippen LogP contribution >= 0.6 is 11.3 Å². The van der Waals surface area contributed by atoms with Gasteiger partial charge in [-0.3, -0.25) is 4.90 Å². The Bertz CT molecular complexity index is 649. The highest BCUT2D eigenvalue weighted by molar-refractivity contribution is 7.10. The minimum atomic E-state index is 0.360. The van der Waals surface area contributed by atoms with Gasteiger partial charge in [0.05, 0.1) is 0 Å². The van der Waals surface area contributed by atoms with Gasteiger partial charge >= 0.3 is 0 Å². The van der Waals surface area contributed by atoms with Crippen molar-refractivity contribution < 1.29 is 0 Å². The van der Waals surface area contributed by atoms with Crippen LogP contribution in [0, 0.1) is 17.2 Å². The van der Waals surface area contributed by atoms with E-state index in [0.717, 1.165) is 13.1 Å². The molecule has 3 heterocycles. The van der Waals surface area contributed by atoms with E-state index < -0.39 is 0 Å². The molecule has 0 amide bonds. The number of piperidine rings is 1. The molecule has 0 aromatic carbocycles. The molecule has 2 aromatic rings. The van der Waals surface area contributed by atoms with Crippen LogP contribution in [0.4, 0.5) is 5.82 Å². The number of thiophene rings is 1. The Morgan fingerprint density at radius 3 is 3.09 bits per heavy atom. The summed E-state index contributed by atoms with van der Waals surface area (Å²) in [5, 5.41) is 14.6. The molecule has 2 atom stereocenters. The van der Waals surface area contributed by atoms with Gasteiger partial charge in [0.1, 0.15) is 6.07 Å². The molecule has 1 saturated heterocycles. The number of anilines is 1. The van der Waals surface area contributed by atoms with E-state index >= 15 is 0 Å². The second-order valence-corrected chi connectivity index (χ2v) is 6.57. The molecule has 114 valence electrons. The number of aromatic nitrogens is 2. The van der Waals surface area contributed by atoms with E-state index in [1.54, 1.807) is 12.4 Å². The van der Waals surface area contributed by atoms with E-state index in [0.29, 0.717) is 23.5 Å². The van der Waals surface area contributed by atoms with Gasteiger partial charge in [0.25, 0.3) is 0 Å². The van der Waals surface area contributed by atoms with E-state index in [1.807, 2.05) is 11.3 Å². The van der Waals surface area contributed by atoms with Gasteiger partial charge in [-0.2, -0.15) is 5.26 Å². The van der Waals surface area contributed by atoms with Gasteiger partial charge in [0.2, 0.25) is 0 Å². The molecule has 0 spiro atoms. The number of hydrogen-bond donors (Lipinski definition) is 1. The van der Waals surface area contributed by atoms with Crippen LogP contribution < -0.4 is 5.32 Å². The fourth-order valence-electron chi connectivity index (χ4n) is 3.16. The highest BCUT2D eigenvalue weighted by atomic mass is 32.1. The molecule has 0 aliphatic carbocycles. The molecule has 0 radical (unpaired) electrons. The predicted molar refractivity (Wildman–Crippen MR) is 87.7 cm³/mol. The van der Waals surface area contributed by atoms with Crippen LogP contribution in [-0.2, 0) is 0 Å². The SMILES string of the molecule is CN1CCC[C@H](CNc2nccnc2C#N)[C@H]1c1cccs1. The van der Waals surface area contributed by atoms with Gasteiger partial charge in [-0.05, 0) is 43.8 Å². The monoisotopic (exact) mass is 313 g/mol. The van der Waals surface area contributed by atoms with Crippen molar-refractivity contribution in [3.63, 3.8) is 0 Å². The molecule has 0 unspecified atom stereocenters. The highest BCUT2D eigenvalue weighted by Crippen LogP contribution is 2.37. The van der Waals surface area contributed by atoms with Crippen LogP contribution in [0.15, 0.2) is 29.9 Å². The summed E-state index contributed by atoms with van der Waals surface area (Å²) in [6.45, 7) is 1.94. The summed E-state index contributed by atoms with van der Waals surface area (Å²) in [5.41, 5.74) is 0.360. The molecule has 1 aliphatic heterocycles. The Labute approximate surface area is 134 Å². The third-order valence-electron chi connectivity index (χ3n) is 4.18. The minimum Gasteiger partial charge on any atom is -0.367 e. The van der Waals surface area contributed by atoms with E-state index in [4.69, 9.17) is 5.26 Å². The number of nitrogens with one attached hydrogen (secondary N) is 1. The molecular formula is C16H19N5S. The maximum atomic E-state index is 9.10. The van der Waals surface area contributed by atoms with Crippen molar-refractivity contribution in [3.8, 4) is 6.07 Å². The van der Waals surface area contributed by atoms with Gasteiger partial charge in [-0.15, -0.1) is 11.3 Å². The summed E-state index contributed by atoms with van der Waals surface area (Å²) in [5.74, 6) is 1.09. The average Bonchev–Trinajstić information content (AvgIpc) is 3.07. The molecule has 0 saturated carbocycles. The third kappa shape index (κ3) is 3.11. The van der Waals surface area contributed by atoms with E-state index in [-0.39, 0.29) is 0 Å². The lowest BCUT2D eigenvalue weighted by Gasteiger charge is -2.39. The van der Waals surface area contributed by atoms with E-state index in [1.165, 1.54) is 17.7 Å². The first-order chi connectivity index (χ1) is 10.8. The maximum absolute atomic E-state index is 9.10. The zero-order valence-corrected chi connectivity index (χ0v) is 13.4. The molecule has 5 nitrogen and oxygen atoms in total. The average molecular weight is 313 g/mol. The Kier molecular flexibility index (Phi) is 4.66. The fraction of sp³-hybridized carbons (Fsp3) is 0.438. The normalized spacial score (nSPS) is 22.2. The molecule has 1 fully saturated rings. The molecule has 3 rings (SSSR count). The van der Waals surface area contributed by atoms with Crippen LogP contribution in [0.2, 0.25) is 0 Å². The third-order valence-corrected chi connectivity index (χ3v) is 5.12. The summed E-state index contributed by atoms with van der Waals surface area (Å²) in [6, 6.07) is 6.85. The van der Waals surface area contributed by atoms with Gasteiger partial charge in [0.15, 0.2) is 11.5 Å². The molecular weight excluding hydrogens is 294 g/mol. The molecule has 2 aromatic heterocycles. The smallest absolute Gasteiger partial charge is 0.182 e. The number of nitrogens with zero attached hydrogens (tertiary/aromatic N) is 4. The predicted octanol–water partition coefficient (Wildman–Crippen LogP) is 2.90. The lowest BCUT2D eigenvalue weighted by molar-refractivity contribution is 0.130. The Morgan fingerprint density at radius 1 is 1.45 bits per heavy atom. The number of hydrogen-bond acceptors (Lipinski definition) is 6. The lowest BCUT2D eigenvalue weighted by Crippen LogP contribution is -2.38. The van der Waals surface area contributed by atoms with E-state index in [2.05, 4.69) is 50.8 Å². The second kappa shape index (κ2) is 6.86. The highest BCUT2D eigenvalue weighted by Gasteiger charge is 2.31. The van der Waals surface area contributed by atoms with E-state index in [9.17, 15) is 0 Å². The number of likely N-dealkylation sites (tertiary alicyclic amines) is 1. The van der Waals surface area contributed by atoms with Crippen LogP contribution in [0.1, 0.15) is 29.5 Å². The Morgan fingerprint density at radius 2 is 2.32 bits per heavy atom. The van der Waals surface area contributed by atoms with Gasteiger partial charge in [-0.1, -0.05) is 6.07 Å². The van der Waals surface area contributed by atoms with Gasteiger partial charge < -0.3 is 5.32 Å². The van der Waals surface area contributed by atoms with Crippen molar-refractivity contribution in [1.82, 2.24) is 14.9 Å². The molecule has 1 aliphatic rings. The topological polar surface area (TPSA) is 64.8 Å². The van der Waals surface area contributed by atoms with Crippen molar-refractivity contribution in [2.75, 3.05) is 25.5 Å². The van der Waals surface area contributed by atoms with Crippen LogP contribution in [-0.4, -0.2) is 35.0 Å². The zero-order chi connectivity index (χ0) is 15.4. The van der Waals surface area contributed by atoms with Crippen molar-refractivity contribution in [1.29, 1.82) is 5.26 Å². The molecule has 0 bridgehead atoms. The summed E-state index contributed by atoms with van der Waals surface area (Å²) in [6.07, 6.45) is 5.55. The van der Waals surface area contributed by atoms with Crippen molar-refractivity contribution in [2.24, 2.45) is 5.92 Å². The van der Waals surface area contributed by atoms with Crippen molar-refractivity contribution in [2.45, 2.75) is 18.9 Å². The minimum absolute atomic E-state index is 0.360. The van der Waals surface area contributed by atoms with Gasteiger partial charge in [-0.25, -0.2) is 9.97 Å². The van der Waals surface area contributed by atoms with Crippen molar-refractivity contribution >= 4 is 17.2 Å². The molecule has 1 N–H and O–H groups in total. The largest absolute Gasteiger partial charge is 0.367 e. The molecule has 22 heavy (non-hydrogen) atoms. The van der Waals surface area contributed by atoms with Crippen LogP contribution in [0.5, 0.6) is 0 Å². The van der Waals surface area contributed by atoms with Gasteiger partial charge in [0, 0.05) is 29.9 Å². The second-order valence-electron chi connectivity index (χ2n) is 5.59. The first-order valence-electron chi connectivity index (χ1n) is 7.48. The number of nitriles is 1. The fourth-order valence-corrected chi connectivity index (χ4v) is 4.14. The molecule has 6 heteroatoms. The summed E-state index contributed by atoms with van der Waals surface area (Å²) < 4.78 is 0. The maximum Gasteiger partial charge on any atom is 0.182 e. The first-order valence-corrected chi connectivity index (χ1v) is 8.36. The van der Waals surface area contributed by atoms with Crippen molar-refractivity contribution in [3.05, 3.63) is 40.5 Å².